The van der Waals surface area contributed by atoms with Crippen LogP contribution < -0.4 is 10.6 Å². The van der Waals surface area contributed by atoms with E-state index in [1.807, 2.05) is 68.6 Å². The summed E-state index contributed by atoms with van der Waals surface area (Å²) in [5, 5.41) is 8.70. The predicted molar refractivity (Wildman–Crippen MR) is 97.6 cm³/mol. The van der Waals surface area contributed by atoms with Crippen molar-refractivity contribution in [2.24, 2.45) is 0 Å². The van der Waals surface area contributed by atoms with Gasteiger partial charge in [-0.15, -0.1) is 0 Å². The van der Waals surface area contributed by atoms with Crippen LogP contribution in [0.3, 0.4) is 0 Å². The number of aromatic nitrogens is 1. The topological polar surface area (TPSA) is 84.9 Å². The number of amides is 1. The molecule has 0 aliphatic carbocycles. The monoisotopic (exact) mass is 354 g/mol. The van der Waals surface area contributed by atoms with Crippen LogP contribution in [0.1, 0.15) is 43.8 Å². The van der Waals surface area contributed by atoms with Gasteiger partial charge in [-0.3, -0.25) is 10.1 Å². The molecule has 1 amide bonds. The number of furan rings is 1. The van der Waals surface area contributed by atoms with Crippen molar-refractivity contribution in [1.29, 1.82) is 0 Å². The van der Waals surface area contributed by atoms with Gasteiger partial charge < -0.3 is 14.3 Å². The lowest BCUT2D eigenvalue weighted by Gasteiger charge is -2.13. The maximum atomic E-state index is 12.3. The molecule has 0 aliphatic rings. The maximum absolute atomic E-state index is 12.3. The van der Waals surface area contributed by atoms with Crippen LogP contribution in [0.4, 0.5) is 5.88 Å². The molecule has 0 aliphatic heterocycles. The number of carbonyl (C=O) groups is 1. The molecule has 6 heteroatoms. The Labute approximate surface area is 152 Å². The van der Waals surface area contributed by atoms with Gasteiger partial charge in [0.15, 0.2) is 18.3 Å². The van der Waals surface area contributed by atoms with Crippen LogP contribution in [0, 0.1) is 0 Å². The fraction of sp³-hybridized carbons (Fsp3) is 0.300. The highest BCUT2D eigenvalue weighted by molar-refractivity contribution is 5.90. The summed E-state index contributed by atoms with van der Waals surface area (Å²) in [6, 6.07) is 15.4. The summed E-state index contributed by atoms with van der Waals surface area (Å²) in [7, 11) is 0. The molecule has 0 saturated carbocycles. The van der Waals surface area contributed by atoms with Crippen molar-refractivity contribution in [1.82, 2.24) is 5.16 Å². The van der Waals surface area contributed by atoms with E-state index in [0.717, 1.165) is 17.0 Å². The van der Waals surface area contributed by atoms with Gasteiger partial charge in [-0.05, 0) is 12.1 Å². The number of benzene rings is 1. The van der Waals surface area contributed by atoms with E-state index in [2.05, 4.69) is 10.5 Å². The molecule has 0 saturated heterocycles. The summed E-state index contributed by atoms with van der Waals surface area (Å²) in [6.07, 6.45) is 1.64. The lowest BCUT2D eigenvalue weighted by Crippen LogP contribution is -2.87. The number of quaternary nitrogens is 1. The highest BCUT2D eigenvalue weighted by atomic mass is 16.5. The molecule has 3 N–H and O–H groups in total. The Kier molecular flexibility index (Phi) is 5.23. The molecular formula is C20H24N3O3+. The van der Waals surface area contributed by atoms with Gasteiger partial charge in [0.05, 0.1) is 12.0 Å². The molecule has 3 rings (SSSR count). The molecule has 0 bridgehead atoms. The van der Waals surface area contributed by atoms with Gasteiger partial charge in [0, 0.05) is 17.0 Å². The van der Waals surface area contributed by atoms with E-state index in [-0.39, 0.29) is 23.9 Å². The molecule has 0 spiro atoms. The number of hydrogen-bond donors (Lipinski definition) is 2. The van der Waals surface area contributed by atoms with Gasteiger partial charge in [-0.25, -0.2) is 0 Å². The number of nitrogens with one attached hydrogen (secondary N) is 1. The first-order chi connectivity index (χ1) is 12.4. The molecule has 2 aromatic heterocycles. The Bertz CT molecular complexity index is 833. The van der Waals surface area contributed by atoms with E-state index in [9.17, 15) is 4.79 Å². The first-order valence-corrected chi connectivity index (χ1v) is 8.62. The number of carbonyl (C=O) groups excluding carboxylic acids is 1. The quantitative estimate of drug-likeness (QED) is 0.713. The van der Waals surface area contributed by atoms with Crippen molar-refractivity contribution >= 4 is 11.8 Å². The number of anilines is 1. The van der Waals surface area contributed by atoms with Crippen LogP contribution in [0.25, 0.3) is 0 Å². The van der Waals surface area contributed by atoms with E-state index >= 15 is 0 Å². The number of rotatable bonds is 6. The van der Waals surface area contributed by atoms with Crippen LogP contribution in [0.5, 0.6) is 0 Å². The average Bonchev–Trinajstić information content (AvgIpc) is 3.27. The first-order valence-electron chi connectivity index (χ1n) is 8.62. The zero-order valence-corrected chi connectivity index (χ0v) is 15.2. The molecule has 0 fully saturated rings. The summed E-state index contributed by atoms with van der Waals surface area (Å²) in [6.45, 7) is 6.35. The van der Waals surface area contributed by atoms with Crippen molar-refractivity contribution in [3.8, 4) is 0 Å². The second-order valence-electron chi connectivity index (χ2n) is 7.22. The Balaban J connectivity index is 1.64. The molecule has 0 radical (unpaired) electrons. The third-order valence-electron chi connectivity index (χ3n) is 4.09. The second kappa shape index (κ2) is 7.58. The minimum atomic E-state index is -0.158. The average molecular weight is 354 g/mol. The van der Waals surface area contributed by atoms with Crippen molar-refractivity contribution in [3.05, 3.63) is 71.8 Å². The normalized spacial score (nSPS) is 12.7. The zero-order chi connectivity index (χ0) is 18.6. The lowest BCUT2D eigenvalue weighted by molar-refractivity contribution is -0.678. The van der Waals surface area contributed by atoms with Crippen LogP contribution in [0.2, 0.25) is 0 Å². The highest BCUT2D eigenvalue weighted by Crippen LogP contribution is 2.23. The van der Waals surface area contributed by atoms with Gasteiger partial charge in [-0.1, -0.05) is 56.3 Å². The van der Waals surface area contributed by atoms with Crippen LogP contribution >= 0.6 is 0 Å². The molecule has 1 aromatic carbocycles. The lowest BCUT2D eigenvalue weighted by atomic mass is 9.92. The van der Waals surface area contributed by atoms with Gasteiger partial charge in [0.1, 0.15) is 0 Å². The summed E-state index contributed by atoms with van der Waals surface area (Å²) in [5.74, 6) is 1.01. The summed E-state index contributed by atoms with van der Waals surface area (Å²) < 4.78 is 10.8. The largest absolute Gasteiger partial charge is 0.463 e. The van der Waals surface area contributed by atoms with Gasteiger partial charge in [0.2, 0.25) is 5.88 Å². The molecule has 26 heavy (non-hydrogen) atoms. The molecule has 136 valence electrons. The number of nitrogens with zero attached hydrogens (tertiary/aromatic N) is 1. The fourth-order valence-corrected chi connectivity index (χ4v) is 2.65. The van der Waals surface area contributed by atoms with E-state index in [4.69, 9.17) is 8.94 Å². The minimum absolute atomic E-state index is 0.0863. The van der Waals surface area contributed by atoms with Crippen molar-refractivity contribution in [3.63, 3.8) is 0 Å². The third-order valence-corrected chi connectivity index (χ3v) is 4.09. The van der Waals surface area contributed by atoms with E-state index in [1.54, 1.807) is 12.3 Å². The molecular weight excluding hydrogens is 330 g/mol. The number of nitrogens with two attached hydrogens (primary N) is 1. The summed E-state index contributed by atoms with van der Waals surface area (Å²) >= 11 is 0. The van der Waals surface area contributed by atoms with E-state index in [0.29, 0.717) is 5.88 Å². The van der Waals surface area contributed by atoms with Gasteiger partial charge in [-0.2, -0.15) is 0 Å². The Hall–Kier alpha value is -2.86. The maximum Gasteiger partial charge on any atom is 0.281 e. The Morgan fingerprint density at radius 3 is 2.58 bits per heavy atom. The molecule has 6 nitrogen and oxygen atoms in total. The van der Waals surface area contributed by atoms with Crippen molar-refractivity contribution < 1.29 is 19.1 Å². The SMILES string of the molecule is CC(C)(C)c1cc(NC(=O)C[NH2+][C@@H](c2ccccc2)c2ccco2)on1. The second-order valence-corrected chi connectivity index (χ2v) is 7.22. The molecule has 3 aromatic rings. The standard InChI is InChI=1S/C20H23N3O3/c1-20(2,3)16-12-18(26-23-16)22-17(24)13-21-19(15-10-7-11-25-15)14-8-5-4-6-9-14/h4-12,19,21H,13H2,1-3H3,(H,22,24)/p+1/t19-/m0/s1. The van der Waals surface area contributed by atoms with E-state index in [1.165, 1.54) is 0 Å². The van der Waals surface area contributed by atoms with E-state index < -0.39 is 0 Å². The Morgan fingerprint density at radius 2 is 1.96 bits per heavy atom. The molecule has 1 atom stereocenters. The third kappa shape index (κ3) is 4.40. The fourth-order valence-electron chi connectivity index (χ4n) is 2.65. The minimum Gasteiger partial charge on any atom is -0.463 e. The van der Waals surface area contributed by atoms with Crippen LogP contribution in [-0.2, 0) is 10.2 Å². The van der Waals surface area contributed by atoms with Crippen molar-refractivity contribution in [2.45, 2.75) is 32.2 Å². The van der Waals surface area contributed by atoms with Crippen LogP contribution in [-0.4, -0.2) is 17.6 Å². The zero-order valence-electron chi connectivity index (χ0n) is 15.2. The highest BCUT2D eigenvalue weighted by Gasteiger charge is 2.23. The molecule has 2 heterocycles. The van der Waals surface area contributed by atoms with Crippen molar-refractivity contribution in [2.75, 3.05) is 11.9 Å². The molecule has 0 unspecified atom stereocenters. The summed E-state index contributed by atoms with van der Waals surface area (Å²) in [5.41, 5.74) is 1.75. The Morgan fingerprint density at radius 1 is 1.19 bits per heavy atom. The first kappa shape index (κ1) is 17.9. The predicted octanol–water partition coefficient (Wildman–Crippen LogP) is 2.86. The van der Waals surface area contributed by atoms with Crippen LogP contribution in [0.15, 0.2) is 63.7 Å². The summed E-state index contributed by atoms with van der Waals surface area (Å²) in [4.78, 5) is 12.3. The van der Waals surface area contributed by atoms with Gasteiger partial charge >= 0.3 is 0 Å². The smallest absolute Gasteiger partial charge is 0.281 e. The van der Waals surface area contributed by atoms with Gasteiger partial charge in [0.25, 0.3) is 5.91 Å². The number of hydrogen-bond acceptors (Lipinski definition) is 4.